The maximum Gasteiger partial charge on any atom is 0.264 e. The maximum absolute atomic E-state index is 10.4. The first-order chi connectivity index (χ1) is 7.08. The van der Waals surface area contributed by atoms with Gasteiger partial charge >= 0.3 is 0 Å². The number of hydrogen-bond donors (Lipinski definition) is 2. The third-order valence-corrected chi connectivity index (χ3v) is 3.39. The van der Waals surface area contributed by atoms with Gasteiger partial charge in [-0.05, 0) is 19.4 Å². The second-order valence-electron chi connectivity index (χ2n) is 3.94. The van der Waals surface area contributed by atoms with E-state index < -0.39 is 10.1 Å². The van der Waals surface area contributed by atoms with Crippen molar-refractivity contribution in [2.24, 2.45) is 0 Å². The standard InChI is InChI=1S/C9H20N2O3S/c12-15(13,14)9-3-1-2-6-11-7-4-10-5-8-11/h10H,1-9H2,(H,12,13,14). The molecule has 1 fully saturated rings. The Labute approximate surface area is 91.6 Å². The summed E-state index contributed by atoms with van der Waals surface area (Å²) in [5, 5.41) is 3.28. The van der Waals surface area contributed by atoms with Gasteiger partial charge in [0.1, 0.15) is 0 Å². The van der Waals surface area contributed by atoms with Crippen molar-refractivity contribution < 1.29 is 13.0 Å². The van der Waals surface area contributed by atoms with Crippen molar-refractivity contribution in [1.82, 2.24) is 10.2 Å². The van der Waals surface area contributed by atoms with E-state index >= 15 is 0 Å². The Hall–Kier alpha value is -0.170. The maximum atomic E-state index is 10.4. The SMILES string of the molecule is O=S(=O)(O)CCCCCN1CCNCC1. The summed E-state index contributed by atoms with van der Waals surface area (Å²) in [5.74, 6) is -0.103. The molecule has 1 saturated heterocycles. The highest BCUT2D eigenvalue weighted by Gasteiger charge is 2.08. The minimum absolute atomic E-state index is 0.103. The molecule has 0 aromatic carbocycles. The molecule has 0 atom stereocenters. The molecule has 0 aliphatic carbocycles. The fourth-order valence-electron chi connectivity index (χ4n) is 1.73. The van der Waals surface area contributed by atoms with Crippen LogP contribution in [0.1, 0.15) is 19.3 Å². The van der Waals surface area contributed by atoms with Gasteiger partial charge in [0.05, 0.1) is 5.75 Å². The first-order valence-corrected chi connectivity index (χ1v) is 7.07. The van der Waals surface area contributed by atoms with Crippen molar-refractivity contribution in [3.8, 4) is 0 Å². The fraction of sp³-hybridized carbons (Fsp3) is 1.00. The Morgan fingerprint density at radius 3 is 2.40 bits per heavy atom. The average molecular weight is 236 g/mol. The Morgan fingerprint density at radius 1 is 1.13 bits per heavy atom. The Kier molecular flexibility index (Phi) is 5.52. The van der Waals surface area contributed by atoms with Crippen LogP contribution < -0.4 is 5.32 Å². The van der Waals surface area contributed by atoms with Gasteiger partial charge in [0.2, 0.25) is 0 Å². The quantitative estimate of drug-likeness (QED) is 0.500. The minimum atomic E-state index is -3.75. The molecule has 5 nitrogen and oxygen atoms in total. The van der Waals surface area contributed by atoms with Crippen LogP contribution in [0.5, 0.6) is 0 Å². The third-order valence-electron chi connectivity index (χ3n) is 2.59. The predicted octanol–water partition coefficient (Wildman–Crippen LogP) is -0.0503. The second-order valence-corrected chi connectivity index (χ2v) is 5.51. The van der Waals surface area contributed by atoms with Crippen LogP contribution in [-0.4, -0.2) is 56.3 Å². The number of nitrogens with one attached hydrogen (secondary N) is 1. The zero-order chi connectivity index (χ0) is 11.1. The molecule has 0 aromatic rings. The van der Waals surface area contributed by atoms with Gasteiger partial charge in [0, 0.05) is 26.2 Å². The van der Waals surface area contributed by atoms with Crippen LogP contribution in [0.4, 0.5) is 0 Å². The number of piperazine rings is 1. The molecular formula is C9H20N2O3S. The van der Waals surface area contributed by atoms with Crippen LogP contribution in [0, 0.1) is 0 Å². The number of rotatable bonds is 6. The lowest BCUT2D eigenvalue weighted by Gasteiger charge is -2.26. The summed E-state index contributed by atoms with van der Waals surface area (Å²) in [6, 6.07) is 0. The molecule has 1 aliphatic heterocycles. The molecular weight excluding hydrogens is 216 g/mol. The molecule has 0 amide bonds. The third kappa shape index (κ3) is 6.83. The molecule has 0 saturated carbocycles. The molecule has 6 heteroatoms. The van der Waals surface area contributed by atoms with Crippen LogP contribution in [0.25, 0.3) is 0 Å². The zero-order valence-corrected chi connectivity index (χ0v) is 9.80. The zero-order valence-electron chi connectivity index (χ0n) is 8.98. The van der Waals surface area contributed by atoms with Crippen LogP contribution in [-0.2, 0) is 10.1 Å². The summed E-state index contributed by atoms with van der Waals surface area (Å²) in [4.78, 5) is 2.38. The molecule has 1 rings (SSSR count). The lowest BCUT2D eigenvalue weighted by Crippen LogP contribution is -2.43. The van der Waals surface area contributed by atoms with E-state index in [1.165, 1.54) is 0 Å². The Morgan fingerprint density at radius 2 is 1.80 bits per heavy atom. The highest BCUT2D eigenvalue weighted by molar-refractivity contribution is 7.85. The van der Waals surface area contributed by atoms with Gasteiger partial charge < -0.3 is 10.2 Å². The first-order valence-electron chi connectivity index (χ1n) is 5.46. The molecule has 0 spiro atoms. The van der Waals surface area contributed by atoms with Crippen molar-refractivity contribution in [2.45, 2.75) is 19.3 Å². The van der Waals surface area contributed by atoms with Crippen molar-refractivity contribution in [1.29, 1.82) is 0 Å². The van der Waals surface area contributed by atoms with Crippen LogP contribution in [0.2, 0.25) is 0 Å². The summed E-state index contributed by atoms with van der Waals surface area (Å²) in [6.07, 6.45) is 2.43. The first kappa shape index (κ1) is 12.9. The summed E-state index contributed by atoms with van der Waals surface area (Å²) in [6.45, 7) is 5.29. The number of nitrogens with zero attached hydrogens (tertiary/aromatic N) is 1. The molecule has 2 N–H and O–H groups in total. The van der Waals surface area contributed by atoms with Crippen LogP contribution >= 0.6 is 0 Å². The van der Waals surface area contributed by atoms with E-state index in [0.29, 0.717) is 6.42 Å². The smallest absolute Gasteiger partial charge is 0.264 e. The van der Waals surface area contributed by atoms with Gasteiger partial charge in [-0.2, -0.15) is 8.42 Å². The largest absolute Gasteiger partial charge is 0.314 e. The highest BCUT2D eigenvalue weighted by Crippen LogP contribution is 2.01. The normalized spacial score (nSPS) is 19.3. The molecule has 15 heavy (non-hydrogen) atoms. The predicted molar refractivity (Wildman–Crippen MR) is 59.6 cm³/mol. The van der Waals surface area contributed by atoms with Crippen LogP contribution in [0.15, 0.2) is 0 Å². The summed E-state index contributed by atoms with van der Waals surface area (Å²) >= 11 is 0. The van der Waals surface area contributed by atoms with Crippen LogP contribution in [0.3, 0.4) is 0 Å². The van der Waals surface area contributed by atoms with Crippen molar-refractivity contribution >= 4 is 10.1 Å². The van der Waals surface area contributed by atoms with Gasteiger partial charge in [-0.1, -0.05) is 6.42 Å². The topological polar surface area (TPSA) is 69.6 Å². The minimum Gasteiger partial charge on any atom is -0.314 e. The summed E-state index contributed by atoms with van der Waals surface area (Å²) in [7, 11) is -3.75. The van der Waals surface area contributed by atoms with E-state index in [0.717, 1.165) is 45.6 Å². The van der Waals surface area contributed by atoms with E-state index in [2.05, 4.69) is 10.2 Å². The lowest BCUT2D eigenvalue weighted by atomic mass is 10.2. The van der Waals surface area contributed by atoms with Crippen molar-refractivity contribution in [2.75, 3.05) is 38.5 Å². The van der Waals surface area contributed by atoms with Gasteiger partial charge in [-0.3, -0.25) is 4.55 Å². The molecule has 0 unspecified atom stereocenters. The second kappa shape index (κ2) is 6.42. The molecule has 90 valence electrons. The van der Waals surface area contributed by atoms with E-state index in [4.69, 9.17) is 4.55 Å². The van der Waals surface area contributed by atoms with Gasteiger partial charge in [-0.25, -0.2) is 0 Å². The lowest BCUT2D eigenvalue weighted by molar-refractivity contribution is 0.236. The molecule has 0 bridgehead atoms. The average Bonchev–Trinajstić information content (AvgIpc) is 2.17. The van der Waals surface area contributed by atoms with Gasteiger partial charge in [-0.15, -0.1) is 0 Å². The van der Waals surface area contributed by atoms with Gasteiger partial charge in [0.15, 0.2) is 0 Å². The Balaban J connectivity index is 1.96. The van der Waals surface area contributed by atoms with E-state index in [9.17, 15) is 8.42 Å². The highest BCUT2D eigenvalue weighted by atomic mass is 32.2. The summed E-state index contributed by atoms with van der Waals surface area (Å²) in [5.41, 5.74) is 0. The van der Waals surface area contributed by atoms with Crippen molar-refractivity contribution in [3.63, 3.8) is 0 Å². The summed E-state index contributed by atoms with van der Waals surface area (Å²) < 4.78 is 29.4. The monoisotopic (exact) mass is 236 g/mol. The fourth-order valence-corrected chi connectivity index (χ4v) is 2.30. The molecule has 0 radical (unpaired) electrons. The van der Waals surface area contributed by atoms with Gasteiger partial charge in [0.25, 0.3) is 10.1 Å². The number of hydrogen-bond acceptors (Lipinski definition) is 4. The van der Waals surface area contributed by atoms with E-state index in [1.807, 2.05) is 0 Å². The molecule has 0 aromatic heterocycles. The van der Waals surface area contributed by atoms with E-state index in [-0.39, 0.29) is 5.75 Å². The Bertz CT molecular complexity index is 261. The van der Waals surface area contributed by atoms with E-state index in [1.54, 1.807) is 0 Å². The van der Waals surface area contributed by atoms with Crippen molar-refractivity contribution in [3.05, 3.63) is 0 Å². The molecule has 1 aliphatic rings. The number of unbranched alkanes of at least 4 members (excludes halogenated alkanes) is 2. The molecule has 1 heterocycles.